The topological polar surface area (TPSA) is 109 Å². The van der Waals surface area contributed by atoms with E-state index in [1.807, 2.05) is 64.1 Å². The van der Waals surface area contributed by atoms with E-state index in [9.17, 15) is 14.7 Å². The van der Waals surface area contributed by atoms with E-state index in [2.05, 4.69) is 15.3 Å². The minimum atomic E-state index is -1.01. The smallest absolute Gasteiger partial charge is 0.337 e. The molecule has 8 nitrogen and oxygen atoms in total. The molecule has 2 N–H and O–H groups in total. The summed E-state index contributed by atoms with van der Waals surface area (Å²) in [5, 5.41) is 12.9. The maximum absolute atomic E-state index is 13.5. The molecule has 0 aliphatic heterocycles. The van der Waals surface area contributed by atoms with Crippen LogP contribution >= 0.6 is 0 Å². The second-order valence-electron chi connectivity index (χ2n) is 9.79. The number of pyridine rings is 1. The predicted octanol–water partition coefficient (Wildman–Crippen LogP) is 5.92. The number of carbonyl (C=O) groups is 1. The van der Waals surface area contributed by atoms with E-state index in [1.165, 1.54) is 0 Å². The Labute approximate surface area is 226 Å². The highest BCUT2D eigenvalue weighted by Crippen LogP contribution is 2.29. The third-order valence-electron chi connectivity index (χ3n) is 6.73. The standard InChI is InChI=1S/C31H29N5O3/c1-17-14-25(20(4)33-26-9-7-6-8-24(26)31(38)39)29-35-28(19(3)30(37)36(29)16-17)23-12-10-22(11-13-23)27-15-18(2)32-21(5)34-27/h6-16,20,33H,1-5H3,(H,38,39)/t20-/m1/s1. The number of aryl methyl sites for hydroxylation is 3. The van der Waals surface area contributed by atoms with Crippen molar-refractivity contribution in [2.24, 2.45) is 0 Å². The van der Waals surface area contributed by atoms with E-state index >= 15 is 0 Å². The molecular weight excluding hydrogens is 490 g/mol. The summed E-state index contributed by atoms with van der Waals surface area (Å²) in [7, 11) is 0. The Morgan fingerprint density at radius 1 is 0.923 bits per heavy atom. The summed E-state index contributed by atoms with van der Waals surface area (Å²) in [6, 6.07) is 18.2. The molecule has 39 heavy (non-hydrogen) atoms. The third-order valence-corrected chi connectivity index (χ3v) is 6.73. The van der Waals surface area contributed by atoms with Crippen LogP contribution in [0.2, 0.25) is 0 Å². The number of carboxylic acids is 1. The maximum Gasteiger partial charge on any atom is 0.337 e. The fraction of sp³-hybridized carbons (Fsp3) is 0.194. The van der Waals surface area contributed by atoms with Crippen molar-refractivity contribution in [3.8, 4) is 22.5 Å². The summed E-state index contributed by atoms with van der Waals surface area (Å²) in [6.45, 7) is 9.45. The van der Waals surface area contributed by atoms with Gasteiger partial charge >= 0.3 is 5.97 Å². The molecule has 0 fully saturated rings. The Bertz CT molecular complexity index is 1770. The van der Waals surface area contributed by atoms with E-state index in [1.54, 1.807) is 41.8 Å². The zero-order valence-electron chi connectivity index (χ0n) is 22.5. The minimum absolute atomic E-state index is 0.149. The average Bonchev–Trinajstić information content (AvgIpc) is 2.90. The third kappa shape index (κ3) is 5.01. The Balaban J connectivity index is 1.60. The molecule has 0 amide bonds. The van der Waals surface area contributed by atoms with E-state index in [0.717, 1.165) is 33.6 Å². The molecule has 3 heterocycles. The number of hydrogen-bond acceptors (Lipinski definition) is 6. The average molecular weight is 520 g/mol. The van der Waals surface area contributed by atoms with Gasteiger partial charge in [-0.05, 0) is 64.4 Å². The monoisotopic (exact) mass is 519 g/mol. The molecule has 196 valence electrons. The van der Waals surface area contributed by atoms with Crippen molar-refractivity contribution in [2.75, 3.05) is 5.32 Å². The Hall–Kier alpha value is -4.85. The summed E-state index contributed by atoms with van der Waals surface area (Å²) >= 11 is 0. The van der Waals surface area contributed by atoms with Crippen LogP contribution < -0.4 is 10.9 Å². The van der Waals surface area contributed by atoms with Gasteiger partial charge < -0.3 is 10.4 Å². The molecule has 8 heteroatoms. The molecule has 2 aromatic carbocycles. The zero-order chi connectivity index (χ0) is 27.8. The largest absolute Gasteiger partial charge is 0.478 e. The Kier molecular flexibility index (Phi) is 6.70. The van der Waals surface area contributed by atoms with Crippen LogP contribution in [0.15, 0.2) is 71.7 Å². The van der Waals surface area contributed by atoms with Crippen LogP contribution in [-0.2, 0) is 0 Å². The van der Waals surface area contributed by atoms with Crippen LogP contribution in [0, 0.1) is 27.7 Å². The van der Waals surface area contributed by atoms with Gasteiger partial charge in [0.25, 0.3) is 5.56 Å². The molecule has 5 rings (SSSR count). The summed E-state index contributed by atoms with van der Waals surface area (Å²) < 4.78 is 1.57. The van der Waals surface area contributed by atoms with Gasteiger partial charge in [0, 0.05) is 39.8 Å². The lowest BCUT2D eigenvalue weighted by Gasteiger charge is -2.20. The van der Waals surface area contributed by atoms with E-state index in [0.29, 0.717) is 28.4 Å². The van der Waals surface area contributed by atoms with Gasteiger partial charge in [-0.3, -0.25) is 9.20 Å². The quantitative estimate of drug-likeness (QED) is 0.286. The fourth-order valence-corrected chi connectivity index (χ4v) is 4.87. The SMILES string of the molecule is Cc1cc([C@@H](C)Nc2ccccc2C(=O)O)c2nc(-c3ccc(-c4cc(C)nc(C)n4)cc3)c(C)c(=O)n2c1. The Morgan fingerprint density at radius 2 is 1.62 bits per heavy atom. The number of anilines is 1. The van der Waals surface area contributed by atoms with Crippen molar-refractivity contribution in [1.29, 1.82) is 0 Å². The van der Waals surface area contributed by atoms with Crippen molar-refractivity contribution in [2.45, 2.75) is 40.7 Å². The van der Waals surface area contributed by atoms with E-state index in [-0.39, 0.29) is 17.2 Å². The first-order chi connectivity index (χ1) is 18.6. The maximum atomic E-state index is 13.5. The predicted molar refractivity (Wildman–Crippen MR) is 152 cm³/mol. The van der Waals surface area contributed by atoms with Gasteiger partial charge in [0.2, 0.25) is 0 Å². The number of nitrogens with zero attached hydrogens (tertiary/aromatic N) is 4. The number of aromatic carboxylic acids is 1. The number of benzene rings is 2. The minimum Gasteiger partial charge on any atom is -0.478 e. The highest BCUT2D eigenvalue weighted by Gasteiger charge is 2.19. The van der Waals surface area contributed by atoms with Gasteiger partial charge in [0.05, 0.1) is 23.0 Å². The van der Waals surface area contributed by atoms with Gasteiger partial charge in [0.15, 0.2) is 0 Å². The number of para-hydroxylation sites is 1. The number of fused-ring (bicyclic) bond motifs is 1. The van der Waals surface area contributed by atoms with E-state index in [4.69, 9.17) is 4.98 Å². The summed E-state index contributed by atoms with van der Waals surface area (Å²) in [5.41, 5.74) is 7.39. The molecule has 0 radical (unpaired) electrons. The summed E-state index contributed by atoms with van der Waals surface area (Å²) in [4.78, 5) is 39.1. The van der Waals surface area contributed by atoms with Crippen LogP contribution in [-0.4, -0.2) is 30.4 Å². The molecule has 1 atom stereocenters. The number of hydrogen-bond donors (Lipinski definition) is 2. The number of nitrogens with one attached hydrogen (secondary N) is 1. The first-order valence-corrected chi connectivity index (χ1v) is 12.7. The molecule has 0 unspecified atom stereocenters. The van der Waals surface area contributed by atoms with Crippen LogP contribution in [0.5, 0.6) is 0 Å². The number of aromatic nitrogens is 4. The summed E-state index contributed by atoms with van der Waals surface area (Å²) in [5.74, 6) is -0.298. The second kappa shape index (κ2) is 10.1. The molecule has 0 saturated heterocycles. The van der Waals surface area contributed by atoms with Crippen LogP contribution in [0.25, 0.3) is 28.2 Å². The molecule has 0 spiro atoms. The molecular formula is C31H29N5O3. The lowest BCUT2D eigenvalue weighted by Crippen LogP contribution is -2.22. The molecule has 0 aliphatic carbocycles. The highest BCUT2D eigenvalue weighted by atomic mass is 16.4. The highest BCUT2D eigenvalue weighted by molar-refractivity contribution is 5.94. The number of rotatable bonds is 6. The van der Waals surface area contributed by atoms with Crippen molar-refractivity contribution < 1.29 is 9.90 Å². The molecule has 0 saturated carbocycles. The second-order valence-corrected chi connectivity index (χ2v) is 9.79. The van der Waals surface area contributed by atoms with E-state index < -0.39 is 5.97 Å². The zero-order valence-corrected chi connectivity index (χ0v) is 22.5. The van der Waals surface area contributed by atoms with Gasteiger partial charge in [-0.2, -0.15) is 0 Å². The van der Waals surface area contributed by atoms with Gasteiger partial charge in [-0.25, -0.2) is 19.7 Å². The van der Waals surface area contributed by atoms with Gasteiger partial charge in [0.1, 0.15) is 11.5 Å². The first kappa shape index (κ1) is 25.8. The van der Waals surface area contributed by atoms with Gasteiger partial charge in [-0.1, -0.05) is 36.4 Å². The Morgan fingerprint density at radius 3 is 2.31 bits per heavy atom. The summed E-state index contributed by atoms with van der Waals surface area (Å²) in [6.07, 6.45) is 1.78. The van der Waals surface area contributed by atoms with Crippen molar-refractivity contribution >= 4 is 17.3 Å². The molecule has 5 aromatic rings. The molecule has 0 aliphatic rings. The normalized spacial score (nSPS) is 11.9. The first-order valence-electron chi connectivity index (χ1n) is 12.7. The number of carboxylic acid groups (broad SMARTS) is 1. The van der Waals surface area contributed by atoms with Crippen molar-refractivity contribution in [3.63, 3.8) is 0 Å². The van der Waals surface area contributed by atoms with Crippen LogP contribution in [0.3, 0.4) is 0 Å². The van der Waals surface area contributed by atoms with Crippen LogP contribution in [0.1, 0.15) is 51.5 Å². The lowest BCUT2D eigenvalue weighted by molar-refractivity contribution is 0.0698. The fourth-order valence-electron chi connectivity index (χ4n) is 4.87. The molecule has 0 bridgehead atoms. The van der Waals surface area contributed by atoms with Crippen molar-refractivity contribution in [3.05, 3.63) is 111 Å². The van der Waals surface area contributed by atoms with Gasteiger partial charge in [-0.15, -0.1) is 0 Å². The molecule has 3 aromatic heterocycles. The van der Waals surface area contributed by atoms with Crippen molar-refractivity contribution in [1.82, 2.24) is 19.4 Å². The lowest BCUT2D eigenvalue weighted by atomic mass is 10.0. The van der Waals surface area contributed by atoms with Crippen LogP contribution in [0.4, 0.5) is 5.69 Å².